The highest BCUT2D eigenvalue weighted by atomic mass is 32.2. The standard InChI is InChI=1S/C15H19N3O3S2/c1-22-7-6-12(16)14(20)17-11-4-2-10(3-5-11)8-18-13(19)9-23-15(18)21/h2-5,12H,6-9,16H2,1H3,(H,17,20)/t12-/m0/s1. The number of nitrogens with two attached hydrogens (primary N) is 1. The third-order valence-corrected chi connectivity index (χ3v) is 4.88. The molecule has 6 nitrogen and oxygen atoms in total. The molecule has 0 spiro atoms. The van der Waals surface area contributed by atoms with E-state index < -0.39 is 6.04 Å². The van der Waals surface area contributed by atoms with Crippen molar-refractivity contribution in [3.05, 3.63) is 29.8 Å². The van der Waals surface area contributed by atoms with Crippen LogP contribution in [0.25, 0.3) is 0 Å². The molecule has 23 heavy (non-hydrogen) atoms. The van der Waals surface area contributed by atoms with E-state index in [9.17, 15) is 14.4 Å². The highest BCUT2D eigenvalue weighted by molar-refractivity contribution is 8.14. The molecule has 1 fully saturated rings. The largest absolute Gasteiger partial charge is 0.325 e. The Hall–Kier alpha value is -1.51. The molecular formula is C15H19N3O3S2. The smallest absolute Gasteiger partial charge is 0.289 e. The fourth-order valence-electron chi connectivity index (χ4n) is 2.02. The second-order valence-corrected chi connectivity index (χ2v) is 7.02. The Bertz CT molecular complexity index is 576. The quantitative estimate of drug-likeness (QED) is 0.778. The molecule has 1 saturated heterocycles. The number of thioether (sulfide) groups is 2. The molecule has 1 aliphatic rings. The zero-order valence-electron chi connectivity index (χ0n) is 12.8. The van der Waals surface area contributed by atoms with Crippen LogP contribution in [0.3, 0.4) is 0 Å². The molecule has 0 unspecified atom stereocenters. The van der Waals surface area contributed by atoms with E-state index in [1.165, 1.54) is 4.90 Å². The van der Waals surface area contributed by atoms with Gasteiger partial charge in [0.15, 0.2) is 0 Å². The first-order valence-corrected chi connectivity index (χ1v) is 9.50. The molecule has 0 radical (unpaired) electrons. The number of nitrogens with one attached hydrogen (secondary N) is 1. The Morgan fingerprint density at radius 1 is 1.39 bits per heavy atom. The van der Waals surface area contributed by atoms with Gasteiger partial charge in [-0.05, 0) is 36.1 Å². The molecule has 0 saturated carbocycles. The normalized spacial score (nSPS) is 15.8. The molecule has 1 heterocycles. The summed E-state index contributed by atoms with van der Waals surface area (Å²) in [4.78, 5) is 36.3. The van der Waals surface area contributed by atoms with Crippen LogP contribution in [0, 0.1) is 0 Å². The first kappa shape index (κ1) is 17.8. The van der Waals surface area contributed by atoms with Gasteiger partial charge in [-0.2, -0.15) is 11.8 Å². The van der Waals surface area contributed by atoms with Crippen LogP contribution >= 0.6 is 23.5 Å². The zero-order valence-corrected chi connectivity index (χ0v) is 14.4. The summed E-state index contributed by atoms with van der Waals surface area (Å²) >= 11 is 2.67. The molecule has 0 aromatic heterocycles. The average molecular weight is 353 g/mol. The van der Waals surface area contributed by atoms with E-state index in [4.69, 9.17) is 5.73 Å². The molecule has 2 rings (SSSR count). The zero-order chi connectivity index (χ0) is 16.8. The highest BCUT2D eigenvalue weighted by Gasteiger charge is 2.29. The lowest BCUT2D eigenvalue weighted by atomic mass is 10.1. The average Bonchev–Trinajstić information content (AvgIpc) is 2.86. The van der Waals surface area contributed by atoms with Crippen molar-refractivity contribution in [2.45, 2.75) is 19.0 Å². The summed E-state index contributed by atoms with van der Waals surface area (Å²) in [5.41, 5.74) is 7.29. The predicted molar refractivity (Wildman–Crippen MR) is 94.5 cm³/mol. The molecule has 1 aromatic carbocycles. The Morgan fingerprint density at radius 2 is 2.09 bits per heavy atom. The number of rotatable bonds is 7. The number of hydrogen-bond acceptors (Lipinski definition) is 6. The van der Waals surface area contributed by atoms with Crippen LogP contribution in [-0.4, -0.2) is 45.8 Å². The van der Waals surface area contributed by atoms with Crippen LogP contribution in [0.1, 0.15) is 12.0 Å². The molecule has 1 atom stereocenters. The van der Waals surface area contributed by atoms with Crippen LogP contribution in [0.15, 0.2) is 24.3 Å². The van der Waals surface area contributed by atoms with E-state index in [2.05, 4.69) is 5.32 Å². The lowest BCUT2D eigenvalue weighted by Crippen LogP contribution is -2.36. The minimum absolute atomic E-state index is 0.169. The summed E-state index contributed by atoms with van der Waals surface area (Å²) in [6.45, 7) is 0.256. The summed E-state index contributed by atoms with van der Waals surface area (Å²) in [6.07, 6.45) is 2.60. The highest BCUT2D eigenvalue weighted by Crippen LogP contribution is 2.21. The minimum Gasteiger partial charge on any atom is -0.325 e. The Kier molecular flexibility index (Phi) is 6.49. The summed E-state index contributed by atoms with van der Waals surface area (Å²) in [7, 11) is 0. The van der Waals surface area contributed by atoms with Gasteiger partial charge in [-0.3, -0.25) is 19.3 Å². The van der Waals surface area contributed by atoms with Gasteiger partial charge in [0, 0.05) is 5.69 Å². The maximum absolute atomic E-state index is 11.9. The number of nitrogens with zero attached hydrogens (tertiary/aromatic N) is 1. The number of benzene rings is 1. The van der Waals surface area contributed by atoms with Crippen molar-refractivity contribution in [2.75, 3.05) is 23.1 Å². The molecule has 1 aromatic rings. The van der Waals surface area contributed by atoms with Gasteiger partial charge >= 0.3 is 0 Å². The van der Waals surface area contributed by atoms with Crippen LogP contribution in [0.4, 0.5) is 10.5 Å². The topological polar surface area (TPSA) is 92.5 Å². The molecule has 3 N–H and O–H groups in total. The van der Waals surface area contributed by atoms with E-state index in [0.717, 1.165) is 23.1 Å². The maximum atomic E-state index is 11.9. The molecule has 124 valence electrons. The molecular weight excluding hydrogens is 334 g/mol. The fourth-order valence-corrected chi connectivity index (χ4v) is 3.24. The van der Waals surface area contributed by atoms with Crippen LogP contribution in [0.5, 0.6) is 0 Å². The van der Waals surface area contributed by atoms with Crippen LogP contribution in [-0.2, 0) is 16.1 Å². The third kappa shape index (κ3) is 4.98. The van der Waals surface area contributed by atoms with Gasteiger partial charge in [-0.15, -0.1) is 0 Å². The van der Waals surface area contributed by atoms with Gasteiger partial charge in [0.1, 0.15) is 0 Å². The van der Waals surface area contributed by atoms with Gasteiger partial charge in [0.05, 0.1) is 18.3 Å². The van der Waals surface area contributed by atoms with Crippen molar-refractivity contribution in [2.24, 2.45) is 5.73 Å². The lowest BCUT2D eigenvalue weighted by molar-refractivity contribution is -0.125. The van der Waals surface area contributed by atoms with Crippen molar-refractivity contribution in [1.29, 1.82) is 0 Å². The van der Waals surface area contributed by atoms with Crippen molar-refractivity contribution >= 4 is 46.3 Å². The summed E-state index contributed by atoms with van der Waals surface area (Å²) in [5.74, 6) is 0.662. The Labute approximate surface area is 143 Å². The van der Waals surface area contributed by atoms with Crippen LogP contribution in [0.2, 0.25) is 0 Å². The van der Waals surface area contributed by atoms with Gasteiger partial charge in [0.25, 0.3) is 5.24 Å². The molecule has 1 aliphatic heterocycles. The van der Waals surface area contributed by atoms with Crippen molar-refractivity contribution < 1.29 is 14.4 Å². The van der Waals surface area contributed by atoms with E-state index in [0.29, 0.717) is 12.1 Å². The number of amides is 3. The SMILES string of the molecule is CSCC[C@H](N)C(=O)Nc1ccc(CN2C(=O)CSC2=O)cc1. The second kappa shape index (κ2) is 8.37. The molecule has 0 aliphatic carbocycles. The number of carbonyl (C=O) groups is 3. The Balaban J connectivity index is 1.90. The summed E-state index contributed by atoms with van der Waals surface area (Å²) in [6, 6.07) is 6.53. The third-order valence-electron chi connectivity index (χ3n) is 3.37. The van der Waals surface area contributed by atoms with Crippen molar-refractivity contribution in [1.82, 2.24) is 4.90 Å². The van der Waals surface area contributed by atoms with E-state index in [-0.39, 0.29) is 29.4 Å². The van der Waals surface area contributed by atoms with E-state index >= 15 is 0 Å². The predicted octanol–water partition coefficient (Wildman–Crippen LogP) is 1.90. The number of imide groups is 1. The summed E-state index contributed by atoms with van der Waals surface area (Å²) < 4.78 is 0. The van der Waals surface area contributed by atoms with Crippen LogP contribution < -0.4 is 11.1 Å². The fraction of sp³-hybridized carbons (Fsp3) is 0.400. The lowest BCUT2D eigenvalue weighted by Gasteiger charge is -2.14. The molecule has 0 bridgehead atoms. The first-order valence-electron chi connectivity index (χ1n) is 7.12. The monoisotopic (exact) mass is 353 g/mol. The van der Waals surface area contributed by atoms with Gasteiger partial charge < -0.3 is 11.1 Å². The van der Waals surface area contributed by atoms with E-state index in [1.54, 1.807) is 36.0 Å². The van der Waals surface area contributed by atoms with E-state index in [1.807, 2.05) is 6.26 Å². The minimum atomic E-state index is -0.529. The number of anilines is 1. The van der Waals surface area contributed by atoms with Crippen molar-refractivity contribution in [3.63, 3.8) is 0 Å². The molecule has 3 amide bonds. The van der Waals surface area contributed by atoms with Gasteiger partial charge in [-0.1, -0.05) is 23.9 Å². The maximum Gasteiger partial charge on any atom is 0.289 e. The summed E-state index contributed by atoms with van der Waals surface area (Å²) in [5, 5.41) is 2.55. The first-order chi connectivity index (χ1) is 11.0. The van der Waals surface area contributed by atoms with Gasteiger partial charge in [0.2, 0.25) is 11.8 Å². The second-order valence-electron chi connectivity index (χ2n) is 5.11. The Morgan fingerprint density at radius 3 is 2.65 bits per heavy atom. The van der Waals surface area contributed by atoms with Crippen molar-refractivity contribution in [3.8, 4) is 0 Å². The number of carbonyl (C=O) groups excluding carboxylic acids is 3. The van der Waals surface area contributed by atoms with Gasteiger partial charge in [-0.25, -0.2) is 0 Å². The molecule has 8 heteroatoms. The number of hydrogen-bond donors (Lipinski definition) is 2.